The molecule has 0 bridgehead atoms. The number of nitrogens with zero attached hydrogens (tertiary/aromatic N) is 1. The van der Waals surface area contributed by atoms with E-state index in [1.54, 1.807) is 0 Å². The first-order valence-electron chi connectivity index (χ1n) is 7.47. The number of nitrogens with one attached hydrogen (secondary N) is 1. The largest absolute Gasteiger partial charge is 0.493 e. The van der Waals surface area contributed by atoms with E-state index < -0.39 is 18.5 Å². The van der Waals surface area contributed by atoms with Crippen LogP contribution in [0.25, 0.3) is 0 Å². The van der Waals surface area contributed by atoms with E-state index in [4.69, 9.17) is 42.7 Å². The average Bonchev–Trinajstić information content (AvgIpc) is 2.65. The summed E-state index contributed by atoms with van der Waals surface area (Å²) in [6, 6.07) is 9.06. The highest BCUT2D eigenvalue weighted by atomic mass is 35.5. The average molecular weight is 409 g/mol. The lowest BCUT2D eigenvalue weighted by molar-refractivity contribution is -0.119. The normalized spacial score (nSPS) is 9.89. The third-order valence-electron chi connectivity index (χ3n) is 3.38. The molecule has 0 aliphatic carbocycles. The smallest absolute Gasteiger partial charge is 0.338 e. The van der Waals surface area contributed by atoms with Gasteiger partial charge in [-0.2, -0.15) is 5.26 Å². The topological polar surface area (TPSA) is 97.6 Å². The molecule has 2 aromatic rings. The van der Waals surface area contributed by atoms with Gasteiger partial charge in [0, 0.05) is 5.69 Å². The van der Waals surface area contributed by atoms with E-state index in [1.807, 2.05) is 6.07 Å². The molecule has 0 unspecified atom stereocenters. The molecule has 140 valence electrons. The molecule has 0 spiro atoms. The van der Waals surface area contributed by atoms with Crippen molar-refractivity contribution in [2.45, 2.75) is 0 Å². The number of halogens is 2. The summed E-state index contributed by atoms with van der Waals surface area (Å²) >= 11 is 11.9. The molecule has 27 heavy (non-hydrogen) atoms. The number of hydrogen-bond donors (Lipinski definition) is 1. The number of nitriles is 1. The monoisotopic (exact) mass is 408 g/mol. The van der Waals surface area contributed by atoms with Gasteiger partial charge in [-0.15, -0.1) is 0 Å². The van der Waals surface area contributed by atoms with Crippen LogP contribution in [0.5, 0.6) is 11.5 Å². The van der Waals surface area contributed by atoms with Gasteiger partial charge < -0.3 is 19.5 Å². The lowest BCUT2D eigenvalue weighted by Gasteiger charge is -2.11. The Kier molecular flexibility index (Phi) is 6.88. The summed E-state index contributed by atoms with van der Waals surface area (Å²) in [7, 11) is 2.82. The van der Waals surface area contributed by atoms with Crippen molar-refractivity contribution in [2.75, 3.05) is 26.1 Å². The second kappa shape index (κ2) is 9.12. The molecule has 0 fully saturated rings. The van der Waals surface area contributed by atoms with E-state index in [0.29, 0.717) is 5.69 Å². The molecular formula is C18H14Cl2N2O5. The summed E-state index contributed by atoms with van der Waals surface area (Å²) in [4.78, 5) is 24.1. The Labute approximate surface area is 165 Å². The zero-order chi connectivity index (χ0) is 20.0. The molecule has 0 saturated heterocycles. The Hall–Kier alpha value is -2.95. The molecule has 1 amide bonds. The fourth-order valence-electron chi connectivity index (χ4n) is 2.13. The van der Waals surface area contributed by atoms with Gasteiger partial charge in [-0.1, -0.05) is 23.2 Å². The van der Waals surface area contributed by atoms with Gasteiger partial charge in [-0.3, -0.25) is 4.79 Å². The Morgan fingerprint density at radius 3 is 2.44 bits per heavy atom. The molecule has 9 heteroatoms. The Balaban J connectivity index is 2.01. The van der Waals surface area contributed by atoms with Crippen LogP contribution in [-0.4, -0.2) is 32.7 Å². The van der Waals surface area contributed by atoms with Crippen LogP contribution in [0.3, 0.4) is 0 Å². The summed E-state index contributed by atoms with van der Waals surface area (Å²) in [5.41, 5.74) is 0.757. The predicted molar refractivity (Wildman–Crippen MR) is 99.6 cm³/mol. The van der Waals surface area contributed by atoms with E-state index in [0.717, 1.165) is 0 Å². The highest BCUT2D eigenvalue weighted by Gasteiger charge is 2.17. The molecule has 0 aliphatic rings. The fraction of sp³-hybridized carbons (Fsp3) is 0.167. The van der Waals surface area contributed by atoms with Gasteiger partial charge in [-0.05, 0) is 30.3 Å². The zero-order valence-corrected chi connectivity index (χ0v) is 15.9. The maximum Gasteiger partial charge on any atom is 0.338 e. The molecule has 1 N–H and O–H groups in total. The number of rotatable bonds is 6. The van der Waals surface area contributed by atoms with Crippen LogP contribution in [0.1, 0.15) is 15.9 Å². The van der Waals surface area contributed by atoms with Gasteiger partial charge in [0.15, 0.2) is 18.1 Å². The third kappa shape index (κ3) is 5.03. The zero-order valence-electron chi connectivity index (χ0n) is 14.3. The van der Waals surface area contributed by atoms with Crippen molar-refractivity contribution in [1.29, 1.82) is 5.26 Å². The van der Waals surface area contributed by atoms with Crippen molar-refractivity contribution in [1.82, 2.24) is 0 Å². The van der Waals surface area contributed by atoms with E-state index in [1.165, 1.54) is 44.6 Å². The van der Waals surface area contributed by atoms with E-state index >= 15 is 0 Å². The van der Waals surface area contributed by atoms with Crippen LogP contribution in [0, 0.1) is 11.3 Å². The summed E-state index contributed by atoms with van der Waals surface area (Å²) in [5.74, 6) is -0.790. The number of amides is 1. The number of carbonyl (C=O) groups is 2. The van der Waals surface area contributed by atoms with Gasteiger partial charge >= 0.3 is 5.97 Å². The third-order valence-corrected chi connectivity index (χ3v) is 3.97. The lowest BCUT2D eigenvalue weighted by atomic mass is 10.2. The van der Waals surface area contributed by atoms with Gasteiger partial charge in [0.2, 0.25) is 0 Å². The Bertz CT molecular complexity index is 925. The Morgan fingerprint density at radius 1 is 1.11 bits per heavy atom. The van der Waals surface area contributed by atoms with Crippen LogP contribution < -0.4 is 14.8 Å². The second-order valence-corrected chi connectivity index (χ2v) is 5.94. The summed E-state index contributed by atoms with van der Waals surface area (Å²) < 4.78 is 15.2. The Morgan fingerprint density at radius 2 is 1.85 bits per heavy atom. The highest BCUT2D eigenvalue weighted by Crippen LogP contribution is 2.36. The molecular weight excluding hydrogens is 395 g/mol. The van der Waals surface area contributed by atoms with Gasteiger partial charge in [0.05, 0.1) is 35.4 Å². The van der Waals surface area contributed by atoms with Crippen LogP contribution in [0.15, 0.2) is 30.3 Å². The van der Waals surface area contributed by atoms with Crippen molar-refractivity contribution in [3.05, 3.63) is 51.5 Å². The van der Waals surface area contributed by atoms with Gasteiger partial charge in [0.25, 0.3) is 5.91 Å². The second-order valence-electron chi connectivity index (χ2n) is 5.12. The van der Waals surface area contributed by atoms with E-state index in [-0.39, 0.29) is 32.7 Å². The lowest BCUT2D eigenvalue weighted by Crippen LogP contribution is -2.21. The quantitative estimate of drug-likeness (QED) is 0.731. The number of ether oxygens (including phenoxy) is 3. The van der Waals surface area contributed by atoms with Crippen LogP contribution in [0.4, 0.5) is 5.69 Å². The van der Waals surface area contributed by atoms with Crippen molar-refractivity contribution in [2.24, 2.45) is 0 Å². The van der Waals surface area contributed by atoms with Crippen molar-refractivity contribution in [3.8, 4) is 17.6 Å². The summed E-state index contributed by atoms with van der Waals surface area (Å²) in [5, 5.41) is 11.7. The molecule has 2 rings (SSSR count). The molecule has 0 radical (unpaired) electrons. The van der Waals surface area contributed by atoms with Gasteiger partial charge in [0.1, 0.15) is 6.07 Å². The SMILES string of the molecule is COc1cc(C(=O)OCC(=O)Nc2ccc(C#N)c(Cl)c2)cc(Cl)c1OC. The first-order chi connectivity index (χ1) is 12.9. The minimum Gasteiger partial charge on any atom is -0.493 e. The number of anilines is 1. The van der Waals surface area contributed by atoms with Crippen molar-refractivity contribution < 1.29 is 23.8 Å². The van der Waals surface area contributed by atoms with Crippen LogP contribution in [0.2, 0.25) is 10.0 Å². The van der Waals surface area contributed by atoms with Crippen LogP contribution >= 0.6 is 23.2 Å². The minimum absolute atomic E-state index is 0.104. The highest BCUT2D eigenvalue weighted by molar-refractivity contribution is 6.32. The maximum absolute atomic E-state index is 12.1. The minimum atomic E-state index is -0.758. The first kappa shape index (κ1) is 20.4. The molecule has 2 aromatic carbocycles. The number of carbonyl (C=O) groups excluding carboxylic acids is 2. The van der Waals surface area contributed by atoms with Gasteiger partial charge in [-0.25, -0.2) is 4.79 Å². The molecule has 0 heterocycles. The number of esters is 1. The van der Waals surface area contributed by atoms with E-state index in [2.05, 4.69) is 5.32 Å². The number of benzene rings is 2. The first-order valence-corrected chi connectivity index (χ1v) is 8.23. The van der Waals surface area contributed by atoms with Crippen LogP contribution in [-0.2, 0) is 9.53 Å². The molecule has 0 aromatic heterocycles. The van der Waals surface area contributed by atoms with E-state index in [9.17, 15) is 9.59 Å². The molecule has 7 nitrogen and oxygen atoms in total. The predicted octanol–water partition coefficient (Wildman–Crippen LogP) is 3.68. The summed E-state index contributed by atoms with van der Waals surface area (Å²) in [6.07, 6.45) is 0. The standard InChI is InChI=1S/C18H14Cl2N2O5/c1-25-15-6-11(5-14(20)17(15)26-2)18(24)27-9-16(23)22-12-4-3-10(8-21)13(19)7-12/h3-7H,9H2,1-2H3,(H,22,23). The maximum atomic E-state index is 12.1. The molecule has 0 atom stereocenters. The fourth-order valence-corrected chi connectivity index (χ4v) is 2.64. The number of hydrogen-bond acceptors (Lipinski definition) is 6. The molecule has 0 aliphatic heterocycles. The summed E-state index contributed by atoms with van der Waals surface area (Å²) in [6.45, 7) is -0.525. The van der Waals surface area contributed by atoms with Crippen molar-refractivity contribution >= 4 is 40.8 Å². The number of methoxy groups -OCH3 is 2. The molecule has 0 saturated carbocycles. The van der Waals surface area contributed by atoms with Crippen molar-refractivity contribution in [3.63, 3.8) is 0 Å².